The average Bonchev–Trinajstić information content (AvgIpc) is 2.87. The molecule has 0 amide bonds. The van der Waals surface area contributed by atoms with Crippen LogP contribution in [0.1, 0.15) is 5.69 Å². The molecule has 3 aromatic rings. The monoisotopic (exact) mass is 298 g/mol. The van der Waals surface area contributed by atoms with E-state index in [0.29, 0.717) is 17.4 Å². The Bertz CT molecular complexity index is 793. The Morgan fingerprint density at radius 2 is 2.19 bits per heavy atom. The largest absolute Gasteiger partial charge is 0.386 e. The lowest BCUT2D eigenvalue weighted by atomic mass is 10.1. The van der Waals surface area contributed by atoms with Gasteiger partial charge in [0.2, 0.25) is 0 Å². The van der Waals surface area contributed by atoms with E-state index in [2.05, 4.69) is 21.9 Å². The summed E-state index contributed by atoms with van der Waals surface area (Å²) in [5, 5.41) is 4.73. The number of hydrogen-bond donors (Lipinski definition) is 3. The maximum Gasteiger partial charge on any atom is 0.0889 e. The number of nitrogens with one attached hydrogen (secondary N) is 2. The molecule has 0 saturated heterocycles. The first-order chi connectivity index (χ1) is 10.1. The number of benzene rings is 1. The van der Waals surface area contributed by atoms with Gasteiger partial charge >= 0.3 is 0 Å². The Morgan fingerprint density at radius 1 is 1.33 bits per heavy atom. The molecule has 3 rings (SSSR count). The highest BCUT2D eigenvalue weighted by molar-refractivity contribution is 6.34. The first-order valence-electron chi connectivity index (χ1n) is 6.54. The predicted molar refractivity (Wildman–Crippen MR) is 86.7 cm³/mol. The van der Waals surface area contributed by atoms with Gasteiger partial charge in [0.25, 0.3) is 0 Å². The molecule has 106 valence electrons. The molecule has 5 heteroatoms. The number of aromatic nitrogens is 2. The zero-order valence-corrected chi connectivity index (χ0v) is 12.1. The highest BCUT2D eigenvalue weighted by Crippen LogP contribution is 2.31. The summed E-state index contributed by atoms with van der Waals surface area (Å²) in [6.07, 6.45) is 1.76. The SMILES string of the molecule is C=C(N)NCc1cc2cc(Cl)c(-c3ccccn3)cc2[nH]1. The summed E-state index contributed by atoms with van der Waals surface area (Å²) in [6.45, 7) is 4.21. The van der Waals surface area contributed by atoms with Gasteiger partial charge in [-0.2, -0.15) is 0 Å². The van der Waals surface area contributed by atoms with Gasteiger partial charge < -0.3 is 16.0 Å². The van der Waals surface area contributed by atoms with Crippen LogP contribution >= 0.6 is 11.6 Å². The fraction of sp³-hybridized carbons (Fsp3) is 0.0625. The first-order valence-corrected chi connectivity index (χ1v) is 6.92. The molecular formula is C16H15ClN4. The second-order valence-electron chi connectivity index (χ2n) is 4.81. The summed E-state index contributed by atoms with van der Waals surface area (Å²) in [6, 6.07) is 11.8. The molecule has 4 nitrogen and oxygen atoms in total. The van der Waals surface area contributed by atoms with Crippen LogP contribution < -0.4 is 11.1 Å². The van der Waals surface area contributed by atoms with Gasteiger partial charge in [-0.3, -0.25) is 4.98 Å². The van der Waals surface area contributed by atoms with Crippen molar-refractivity contribution in [1.82, 2.24) is 15.3 Å². The van der Waals surface area contributed by atoms with Crippen LogP contribution in [-0.4, -0.2) is 9.97 Å². The Kier molecular flexibility index (Phi) is 3.54. The van der Waals surface area contributed by atoms with E-state index >= 15 is 0 Å². The van der Waals surface area contributed by atoms with Gasteiger partial charge in [-0.1, -0.05) is 24.2 Å². The van der Waals surface area contributed by atoms with Crippen molar-refractivity contribution < 1.29 is 0 Å². The van der Waals surface area contributed by atoms with Gasteiger partial charge in [0, 0.05) is 28.4 Å². The van der Waals surface area contributed by atoms with Gasteiger partial charge in [-0.05, 0) is 30.3 Å². The van der Waals surface area contributed by atoms with Crippen LogP contribution in [0.2, 0.25) is 5.02 Å². The first kappa shape index (κ1) is 13.5. The quantitative estimate of drug-likeness (QED) is 0.691. The molecule has 0 radical (unpaired) electrons. The van der Waals surface area contributed by atoms with Gasteiger partial charge in [-0.25, -0.2) is 0 Å². The van der Waals surface area contributed by atoms with Crippen molar-refractivity contribution >= 4 is 22.5 Å². The average molecular weight is 299 g/mol. The number of nitrogens with zero attached hydrogens (tertiary/aromatic N) is 1. The predicted octanol–water partition coefficient (Wildman–Crippen LogP) is 3.40. The molecule has 2 aromatic heterocycles. The number of hydrogen-bond acceptors (Lipinski definition) is 3. The zero-order chi connectivity index (χ0) is 14.8. The van der Waals surface area contributed by atoms with E-state index in [1.54, 1.807) is 6.20 Å². The minimum Gasteiger partial charge on any atom is -0.386 e. The number of pyridine rings is 1. The molecule has 4 N–H and O–H groups in total. The Labute approximate surface area is 127 Å². The van der Waals surface area contributed by atoms with Crippen LogP contribution in [0.15, 0.2) is 55.0 Å². The minimum absolute atomic E-state index is 0.445. The molecule has 0 atom stereocenters. The fourth-order valence-corrected chi connectivity index (χ4v) is 2.50. The number of fused-ring (bicyclic) bond motifs is 1. The number of nitrogens with two attached hydrogens (primary N) is 1. The van der Waals surface area contributed by atoms with Crippen molar-refractivity contribution in [3.8, 4) is 11.3 Å². The summed E-state index contributed by atoms with van der Waals surface area (Å²) in [4.78, 5) is 7.69. The summed E-state index contributed by atoms with van der Waals surface area (Å²) < 4.78 is 0. The highest BCUT2D eigenvalue weighted by Gasteiger charge is 2.09. The summed E-state index contributed by atoms with van der Waals surface area (Å²) in [7, 11) is 0. The van der Waals surface area contributed by atoms with Gasteiger partial charge in [0.1, 0.15) is 0 Å². The standard InChI is InChI=1S/C16H15ClN4/c1-10(18)20-9-12-6-11-7-14(17)13(8-16(11)21-12)15-4-2-3-5-19-15/h2-8,20-21H,1,9,18H2. The summed E-state index contributed by atoms with van der Waals surface area (Å²) in [5.74, 6) is 0.445. The van der Waals surface area contributed by atoms with E-state index in [-0.39, 0.29) is 0 Å². The normalized spacial score (nSPS) is 10.7. The van der Waals surface area contributed by atoms with E-state index < -0.39 is 0 Å². The third kappa shape index (κ3) is 2.85. The van der Waals surface area contributed by atoms with E-state index in [4.69, 9.17) is 17.3 Å². The number of aromatic amines is 1. The van der Waals surface area contributed by atoms with Crippen LogP contribution in [0, 0.1) is 0 Å². The van der Waals surface area contributed by atoms with Crippen molar-refractivity contribution in [2.45, 2.75) is 6.54 Å². The molecule has 0 spiro atoms. The molecule has 0 unspecified atom stereocenters. The molecule has 0 aliphatic rings. The lowest BCUT2D eigenvalue weighted by Gasteiger charge is -2.03. The van der Waals surface area contributed by atoms with Crippen LogP contribution in [0.3, 0.4) is 0 Å². The molecular weight excluding hydrogens is 284 g/mol. The van der Waals surface area contributed by atoms with Crippen LogP contribution in [0.4, 0.5) is 0 Å². The molecule has 21 heavy (non-hydrogen) atoms. The smallest absolute Gasteiger partial charge is 0.0889 e. The van der Waals surface area contributed by atoms with Crippen molar-refractivity contribution in [2.24, 2.45) is 5.73 Å². The molecule has 0 saturated carbocycles. The van der Waals surface area contributed by atoms with E-state index in [1.165, 1.54) is 0 Å². The maximum atomic E-state index is 6.37. The van der Waals surface area contributed by atoms with Crippen LogP contribution in [-0.2, 0) is 6.54 Å². The lowest BCUT2D eigenvalue weighted by molar-refractivity contribution is 0.788. The van der Waals surface area contributed by atoms with Gasteiger partial charge in [-0.15, -0.1) is 0 Å². The number of halogens is 1. The van der Waals surface area contributed by atoms with Crippen molar-refractivity contribution in [3.63, 3.8) is 0 Å². The van der Waals surface area contributed by atoms with Crippen molar-refractivity contribution in [1.29, 1.82) is 0 Å². The van der Waals surface area contributed by atoms with Crippen molar-refractivity contribution in [3.05, 3.63) is 65.7 Å². The Morgan fingerprint density at radius 3 is 2.90 bits per heavy atom. The summed E-state index contributed by atoms with van der Waals surface area (Å²) in [5.41, 5.74) is 9.31. The second kappa shape index (κ2) is 5.50. The second-order valence-corrected chi connectivity index (χ2v) is 5.21. The van der Waals surface area contributed by atoms with Crippen molar-refractivity contribution in [2.75, 3.05) is 0 Å². The number of rotatable bonds is 4. The molecule has 2 heterocycles. The van der Waals surface area contributed by atoms with E-state index in [1.807, 2.05) is 36.4 Å². The highest BCUT2D eigenvalue weighted by atomic mass is 35.5. The van der Waals surface area contributed by atoms with Crippen LogP contribution in [0.5, 0.6) is 0 Å². The Hall–Kier alpha value is -2.46. The molecule has 0 aliphatic heterocycles. The third-order valence-corrected chi connectivity index (χ3v) is 3.52. The van der Waals surface area contributed by atoms with Crippen LogP contribution in [0.25, 0.3) is 22.2 Å². The van der Waals surface area contributed by atoms with E-state index in [0.717, 1.165) is 27.9 Å². The molecule has 0 fully saturated rings. The summed E-state index contributed by atoms with van der Waals surface area (Å²) >= 11 is 6.37. The Balaban J connectivity index is 2.01. The third-order valence-electron chi connectivity index (χ3n) is 3.21. The van der Waals surface area contributed by atoms with E-state index in [9.17, 15) is 0 Å². The fourth-order valence-electron chi connectivity index (χ4n) is 2.24. The van der Waals surface area contributed by atoms with Gasteiger partial charge in [0.15, 0.2) is 0 Å². The molecule has 0 bridgehead atoms. The number of H-pyrrole nitrogens is 1. The molecule has 1 aromatic carbocycles. The topological polar surface area (TPSA) is 66.7 Å². The lowest BCUT2D eigenvalue weighted by Crippen LogP contribution is -2.18. The maximum absolute atomic E-state index is 6.37. The molecule has 0 aliphatic carbocycles. The van der Waals surface area contributed by atoms with Gasteiger partial charge in [0.05, 0.1) is 23.1 Å². The minimum atomic E-state index is 0.445. The zero-order valence-electron chi connectivity index (χ0n) is 11.4.